The summed E-state index contributed by atoms with van der Waals surface area (Å²) in [7, 11) is 0. The average molecular weight is 693 g/mol. The van der Waals surface area contributed by atoms with Crippen LogP contribution in [0.1, 0.15) is 29.2 Å². The van der Waals surface area contributed by atoms with Crippen molar-refractivity contribution in [1.29, 1.82) is 0 Å². The van der Waals surface area contributed by atoms with Gasteiger partial charge in [0.15, 0.2) is 11.5 Å². The summed E-state index contributed by atoms with van der Waals surface area (Å²) in [5.74, 6) is 0.209. The van der Waals surface area contributed by atoms with E-state index >= 15 is 0 Å². The number of hydrogen-bond donors (Lipinski definition) is 1. The first-order valence-corrected chi connectivity index (χ1v) is 15.3. The smallest absolute Gasteiger partial charge is 0.294 e. The number of nitrogens with one attached hydrogen (secondary N) is 1. The van der Waals surface area contributed by atoms with Crippen LogP contribution >= 0.6 is 34.4 Å². The van der Waals surface area contributed by atoms with Crippen LogP contribution in [-0.2, 0) is 16.2 Å². The Hall–Kier alpha value is -3.83. The molecular weight excluding hydrogens is 663 g/mol. The molecule has 1 aliphatic rings. The number of benzene rings is 4. The number of aryl methyl sites for hydroxylation is 2. The van der Waals surface area contributed by atoms with Gasteiger partial charge in [0.25, 0.3) is 11.1 Å². The van der Waals surface area contributed by atoms with E-state index in [9.17, 15) is 14.4 Å². The first-order chi connectivity index (χ1) is 20.2. The Morgan fingerprint density at radius 3 is 2.60 bits per heavy atom. The predicted molar refractivity (Wildman–Crippen MR) is 176 cm³/mol. The minimum absolute atomic E-state index is 0.238. The summed E-state index contributed by atoms with van der Waals surface area (Å²) >= 11 is 3.00. The highest BCUT2D eigenvalue weighted by atomic mass is 127. The fraction of sp³-hybridized carbons (Fsp3) is 0.182. The number of halogens is 1. The predicted octanol–water partition coefficient (Wildman–Crippen LogP) is 7.71. The zero-order valence-electron chi connectivity index (χ0n) is 23.4. The van der Waals surface area contributed by atoms with E-state index in [1.807, 2.05) is 69.3 Å². The van der Waals surface area contributed by atoms with Gasteiger partial charge in [0, 0.05) is 5.69 Å². The minimum atomic E-state index is -0.509. The van der Waals surface area contributed by atoms with Crippen LogP contribution in [0.5, 0.6) is 11.5 Å². The Morgan fingerprint density at radius 2 is 1.79 bits per heavy atom. The minimum Gasteiger partial charge on any atom is -0.490 e. The lowest BCUT2D eigenvalue weighted by Gasteiger charge is -2.16. The Morgan fingerprint density at radius 1 is 1.00 bits per heavy atom. The van der Waals surface area contributed by atoms with Gasteiger partial charge in [0.2, 0.25) is 5.91 Å². The molecule has 9 heteroatoms. The van der Waals surface area contributed by atoms with Gasteiger partial charge in [-0.25, -0.2) is 0 Å². The molecule has 0 radical (unpaired) electrons. The van der Waals surface area contributed by atoms with Crippen molar-refractivity contribution in [2.24, 2.45) is 0 Å². The number of nitrogens with zero attached hydrogens (tertiary/aromatic N) is 1. The summed E-state index contributed by atoms with van der Waals surface area (Å²) in [6.45, 7) is 6.13. The summed E-state index contributed by atoms with van der Waals surface area (Å²) in [6, 6.07) is 23.7. The molecule has 0 bridgehead atoms. The molecule has 1 saturated heterocycles. The van der Waals surface area contributed by atoms with Crippen LogP contribution in [0.2, 0.25) is 0 Å². The van der Waals surface area contributed by atoms with Crippen molar-refractivity contribution in [3.05, 3.63) is 104 Å². The lowest BCUT2D eigenvalue weighted by atomic mass is 10.1. The molecule has 5 rings (SSSR count). The SMILES string of the molecule is CCOc1cc(/C=C2/SC(=O)N(CC(=O)Nc3cc(C)ccc3C)C2=O)cc(I)c1OCc1cccc2ccccc12. The highest BCUT2D eigenvalue weighted by Gasteiger charge is 2.36. The molecule has 7 nitrogen and oxygen atoms in total. The second-order valence-electron chi connectivity index (χ2n) is 9.82. The average Bonchev–Trinajstić information content (AvgIpc) is 3.22. The number of hydrogen-bond acceptors (Lipinski definition) is 6. The lowest BCUT2D eigenvalue weighted by molar-refractivity contribution is -0.127. The monoisotopic (exact) mass is 692 g/mol. The number of imide groups is 1. The Kier molecular flexibility index (Phi) is 9.18. The van der Waals surface area contributed by atoms with Crippen LogP contribution in [0.4, 0.5) is 10.5 Å². The largest absolute Gasteiger partial charge is 0.490 e. The van der Waals surface area contributed by atoms with Crippen LogP contribution in [0.25, 0.3) is 16.8 Å². The molecule has 0 atom stereocenters. The van der Waals surface area contributed by atoms with Crippen molar-refractivity contribution in [1.82, 2.24) is 4.90 Å². The van der Waals surface area contributed by atoms with Gasteiger partial charge in [-0.2, -0.15) is 0 Å². The maximum atomic E-state index is 13.1. The van der Waals surface area contributed by atoms with Crippen LogP contribution < -0.4 is 14.8 Å². The van der Waals surface area contributed by atoms with Crippen molar-refractivity contribution in [3.8, 4) is 11.5 Å². The highest BCUT2D eigenvalue weighted by Crippen LogP contribution is 2.38. The standard InChI is InChI=1S/C33H29IN2O5S/c1-4-40-28-16-22(15-26(34)31(28)41-19-24-10-7-9-23-8-5-6-11-25(23)24)17-29-32(38)36(33(39)42-29)18-30(37)35-27-14-20(2)12-13-21(27)3/h5-17H,4,18-19H2,1-3H3,(H,35,37)/b29-17+. The lowest BCUT2D eigenvalue weighted by Crippen LogP contribution is -2.36. The van der Waals surface area contributed by atoms with E-state index < -0.39 is 17.1 Å². The molecule has 0 unspecified atom stereocenters. The van der Waals surface area contributed by atoms with Gasteiger partial charge in [-0.15, -0.1) is 0 Å². The van der Waals surface area contributed by atoms with Gasteiger partial charge < -0.3 is 14.8 Å². The van der Waals surface area contributed by atoms with Crippen molar-refractivity contribution in [2.75, 3.05) is 18.5 Å². The van der Waals surface area contributed by atoms with Crippen LogP contribution in [-0.4, -0.2) is 35.1 Å². The number of thioether (sulfide) groups is 1. The molecule has 0 aromatic heterocycles. The number of carbonyl (C=O) groups is 3. The van der Waals surface area contributed by atoms with Crippen LogP contribution in [0.15, 0.2) is 77.7 Å². The van der Waals surface area contributed by atoms with Crippen molar-refractivity contribution in [2.45, 2.75) is 27.4 Å². The summed E-state index contributed by atoms with van der Waals surface area (Å²) in [4.78, 5) is 39.7. The van der Waals surface area contributed by atoms with E-state index in [1.165, 1.54) is 0 Å². The topological polar surface area (TPSA) is 84.9 Å². The van der Waals surface area contributed by atoms with Crippen molar-refractivity contribution < 1.29 is 23.9 Å². The van der Waals surface area contributed by atoms with Gasteiger partial charge in [0.1, 0.15) is 13.2 Å². The molecule has 0 spiro atoms. The molecule has 1 aliphatic heterocycles. The molecule has 4 aromatic rings. The number of ether oxygens (including phenoxy) is 2. The van der Waals surface area contributed by atoms with Gasteiger partial charge in [-0.05, 0) is 112 Å². The van der Waals surface area contributed by atoms with E-state index in [1.54, 1.807) is 12.1 Å². The number of anilines is 1. The Balaban J connectivity index is 1.33. The number of carbonyl (C=O) groups excluding carboxylic acids is 3. The molecule has 1 N–H and O–H groups in total. The van der Waals surface area contributed by atoms with Gasteiger partial charge in [-0.3, -0.25) is 19.3 Å². The molecule has 4 aromatic carbocycles. The zero-order chi connectivity index (χ0) is 29.8. The summed E-state index contributed by atoms with van der Waals surface area (Å²) < 4.78 is 13.0. The Bertz CT molecular complexity index is 1730. The Labute approximate surface area is 262 Å². The van der Waals surface area contributed by atoms with Gasteiger partial charge in [-0.1, -0.05) is 54.6 Å². The molecule has 1 heterocycles. The van der Waals surface area contributed by atoms with E-state index in [2.05, 4.69) is 46.1 Å². The third-order valence-corrected chi connectivity index (χ3v) is 8.43. The van der Waals surface area contributed by atoms with E-state index in [-0.39, 0.29) is 11.4 Å². The molecular formula is C33H29IN2O5S. The zero-order valence-corrected chi connectivity index (χ0v) is 26.4. The fourth-order valence-corrected chi connectivity index (χ4v) is 6.25. The van der Waals surface area contributed by atoms with Crippen molar-refractivity contribution in [3.63, 3.8) is 0 Å². The van der Waals surface area contributed by atoms with Gasteiger partial charge >= 0.3 is 0 Å². The van der Waals surface area contributed by atoms with Gasteiger partial charge in [0.05, 0.1) is 15.1 Å². The quantitative estimate of drug-likeness (QED) is 0.143. The van der Waals surface area contributed by atoms with Crippen molar-refractivity contribution >= 4 is 73.9 Å². The van der Waals surface area contributed by atoms with E-state index in [0.29, 0.717) is 36.0 Å². The normalized spacial score (nSPS) is 14.1. The summed E-state index contributed by atoms with van der Waals surface area (Å²) in [5, 5.41) is 4.59. The van der Waals surface area contributed by atoms with Crippen LogP contribution in [0.3, 0.4) is 0 Å². The fourth-order valence-electron chi connectivity index (χ4n) is 4.63. The maximum absolute atomic E-state index is 13.1. The number of fused-ring (bicyclic) bond motifs is 1. The first kappa shape index (κ1) is 29.7. The second kappa shape index (κ2) is 13.0. The number of amides is 3. The summed E-state index contributed by atoms with van der Waals surface area (Å²) in [5.41, 5.74) is 4.29. The maximum Gasteiger partial charge on any atom is 0.294 e. The molecule has 214 valence electrons. The molecule has 3 amide bonds. The molecule has 1 fully saturated rings. The van der Waals surface area contributed by atoms with E-state index in [0.717, 1.165) is 47.7 Å². The van der Waals surface area contributed by atoms with Crippen LogP contribution in [0, 0.1) is 17.4 Å². The second-order valence-corrected chi connectivity index (χ2v) is 12.0. The molecule has 0 saturated carbocycles. The first-order valence-electron chi connectivity index (χ1n) is 13.4. The summed E-state index contributed by atoms with van der Waals surface area (Å²) in [6.07, 6.45) is 1.65. The third-order valence-electron chi connectivity index (χ3n) is 6.72. The van der Waals surface area contributed by atoms with E-state index in [4.69, 9.17) is 9.47 Å². The molecule has 42 heavy (non-hydrogen) atoms. The third kappa shape index (κ3) is 6.63. The highest BCUT2D eigenvalue weighted by molar-refractivity contribution is 14.1. The molecule has 0 aliphatic carbocycles. The number of rotatable bonds is 9.